The van der Waals surface area contributed by atoms with E-state index in [-0.39, 0.29) is 0 Å². The van der Waals surface area contributed by atoms with E-state index in [0.717, 1.165) is 44.8 Å². The van der Waals surface area contributed by atoms with Crippen LogP contribution >= 0.6 is 11.3 Å². The fraction of sp³-hybridized carbons (Fsp3) is 0. The maximum Gasteiger partial charge on any atom is 0.160 e. The largest absolute Gasteiger partial charge is 0.228 e. The Kier molecular flexibility index (Phi) is 7.71. The fourth-order valence-electron chi connectivity index (χ4n) is 7.36. The highest BCUT2D eigenvalue weighted by atomic mass is 32.1. The molecule has 248 valence electrons. The van der Waals surface area contributed by atoms with Gasteiger partial charge in [0.2, 0.25) is 0 Å². The van der Waals surface area contributed by atoms with Crippen molar-refractivity contribution < 1.29 is 0 Å². The van der Waals surface area contributed by atoms with E-state index in [1.807, 2.05) is 35.6 Å². The first-order chi connectivity index (χ1) is 26.2. The molecule has 0 N–H and O–H groups in total. The molecule has 0 unspecified atom stereocenters. The van der Waals surface area contributed by atoms with Crippen molar-refractivity contribution in [1.29, 1.82) is 0 Å². The number of nitrogens with zero attached hydrogens (tertiary/aromatic N) is 2. The van der Waals surface area contributed by atoms with Crippen LogP contribution in [0.15, 0.2) is 194 Å². The third-order valence-electron chi connectivity index (χ3n) is 10.1. The zero-order chi connectivity index (χ0) is 35.1. The van der Waals surface area contributed by atoms with Crippen LogP contribution in [0, 0.1) is 0 Å². The predicted octanol–water partition coefficient (Wildman–Crippen LogP) is 14.0. The van der Waals surface area contributed by atoms with Gasteiger partial charge in [-0.3, -0.25) is 0 Å². The van der Waals surface area contributed by atoms with Gasteiger partial charge in [-0.25, -0.2) is 9.97 Å². The highest BCUT2D eigenvalue weighted by Gasteiger charge is 2.16. The summed E-state index contributed by atoms with van der Waals surface area (Å²) in [6, 6.07) is 69.3. The van der Waals surface area contributed by atoms with Gasteiger partial charge in [0, 0.05) is 36.9 Å². The van der Waals surface area contributed by atoms with Crippen molar-refractivity contribution >= 4 is 42.3 Å². The number of thiophene rings is 1. The maximum absolute atomic E-state index is 5.24. The van der Waals surface area contributed by atoms with Crippen LogP contribution in [-0.2, 0) is 0 Å². The second-order valence-corrected chi connectivity index (χ2v) is 14.5. The average Bonchev–Trinajstić information content (AvgIpc) is 3.63. The lowest BCUT2D eigenvalue weighted by atomic mass is 9.93. The minimum atomic E-state index is 0.709. The summed E-state index contributed by atoms with van der Waals surface area (Å²) in [5, 5.41) is 5.08. The van der Waals surface area contributed by atoms with Gasteiger partial charge in [0.25, 0.3) is 0 Å². The van der Waals surface area contributed by atoms with Crippen molar-refractivity contribution in [3.63, 3.8) is 0 Å². The first kappa shape index (κ1) is 31.1. The lowest BCUT2D eigenvalue weighted by Crippen LogP contribution is -1.96. The molecule has 0 saturated heterocycles. The van der Waals surface area contributed by atoms with Gasteiger partial charge in [0.05, 0.1) is 11.4 Å². The van der Waals surface area contributed by atoms with E-state index in [1.165, 1.54) is 47.6 Å². The molecule has 0 aliphatic heterocycles. The molecule has 2 nitrogen and oxygen atoms in total. The van der Waals surface area contributed by atoms with Crippen molar-refractivity contribution in [2.24, 2.45) is 0 Å². The Hall–Kier alpha value is -6.68. The molecule has 0 saturated carbocycles. The van der Waals surface area contributed by atoms with Crippen LogP contribution in [0.5, 0.6) is 0 Å². The minimum absolute atomic E-state index is 0.709. The summed E-state index contributed by atoms with van der Waals surface area (Å²) in [5.41, 5.74) is 12.0. The van der Waals surface area contributed by atoms with E-state index < -0.39 is 0 Å². The summed E-state index contributed by atoms with van der Waals surface area (Å²) in [6.07, 6.45) is 0. The molecule has 2 heterocycles. The summed E-state index contributed by atoms with van der Waals surface area (Å²) in [4.78, 5) is 10.3. The molecule has 2 aromatic heterocycles. The fourth-order valence-corrected chi connectivity index (χ4v) is 8.60. The van der Waals surface area contributed by atoms with Gasteiger partial charge in [0.15, 0.2) is 5.82 Å². The number of fused-ring (bicyclic) bond motifs is 4. The number of rotatable bonds is 6. The van der Waals surface area contributed by atoms with Gasteiger partial charge in [-0.15, -0.1) is 11.3 Å². The quantitative estimate of drug-likeness (QED) is 0.173. The van der Waals surface area contributed by atoms with Crippen molar-refractivity contribution in [3.05, 3.63) is 194 Å². The molecule has 3 heteroatoms. The Morgan fingerprint density at radius 3 is 1.70 bits per heavy atom. The van der Waals surface area contributed by atoms with Crippen LogP contribution in [-0.4, -0.2) is 9.97 Å². The molecule has 0 fully saturated rings. The van der Waals surface area contributed by atoms with Gasteiger partial charge in [0.1, 0.15) is 0 Å². The van der Waals surface area contributed by atoms with Gasteiger partial charge < -0.3 is 0 Å². The lowest BCUT2D eigenvalue weighted by molar-refractivity contribution is 1.18. The summed E-state index contributed by atoms with van der Waals surface area (Å²) in [7, 11) is 0. The molecule has 0 aliphatic rings. The lowest BCUT2D eigenvalue weighted by Gasteiger charge is -2.14. The highest BCUT2D eigenvalue weighted by molar-refractivity contribution is 7.26. The molecular weight excluding hydrogens is 661 g/mol. The van der Waals surface area contributed by atoms with Crippen LogP contribution in [0.2, 0.25) is 0 Å². The molecule has 0 radical (unpaired) electrons. The van der Waals surface area contributed by atoms with Crippen LogP contribution in [0.25, 0.3) is 98.2 Å². The summed E-state index contributed by atoms with van der Waals surface area (Å²) in [5.74, 6) is 0.709. The normalized spacial score (nSPS) is 11.4. The Morgan fingerprint density at radius 2 is 0.906 bits per heavy atom. The molecule has 10 rings (SSSR count). The SMILES string of the molecule is c1ccc(-c2cc(-c3cc(-c4ccc(-c5ccc6ccccc6c5)cc4)cc(-c4cccc5c4sc4ccccc45)c3)nc(-c3ccccc3)n2)cc1. The first-order valence-corrected chi connectivity index (χ1v) is 18.7. The number of benzene rings is 8. The van der Waals surface area contributed by atoms with Gasteiger partial charge in [-0.2, -0.15) is 0 Å². The van der Waals surface area contributed by atoms with E-state index in [4.69, 9.17) is 9.97 Å². The molecule has 0 aliphatic carbocycles. The van der Waals surface area contributed by atoms with E-state index in [9.17, 15) is 0 Å². The Bertz CT molecular complexity index is 2870. The van der Waals surface area contributed by atoms with Crippen molar-refractivity contribution in [2.75, 3.05) is 0 Å². The summed E-state index contributed by atoms with van der Waals surface area (Å²) < 4.78 is 2.59. The number of aromatic nitrogens is 2. The minimum Gasteiger partial charge on any atom is -0.228 e. The van der Waals surface area contributed by atoms with E-state index in [2.05, 4.69) is 170 Å². The monoisotopic (exact) mass is 692 g/mol. The maximum atomic E-state index is 5.24. The predicted molar refractivity (Wildman–Crippen MR) is 225 cm³/mol. The molecule has 10 aromatic rings. The van der Waals surface area contributed by atoms with E-state index >= 15 is 0 Å². The first-order valence-electron chi connectivity index (χ1n) is 17.9. The van der Waals surface area contributed by atoms with E-state index in [0.29, 0.717) is 5.82 Å². The summed E-state index contributed by atoms with van der Waals surface area (Å²) in [6.45, 7) is 0. The third-order valence-corrected chi connectivity index (χ3v) is 11.3. The van der Waals surface area contributed by atoms with Gasteiger partial charge in [-0.1, -0.05) is 158 Å². The number of hydrogen-bond acceptors (Lipinski definition) is 3. The van der Waals surface area contributed by atoms with Crippen LogP contribution in [0.1, 0.15) is 0 Å². The molecule has 8 aromatic carbocycles. The molecule has 0 bridgehead atoms. The molecule has 0 atom stereocenters. The Labute approximate surface area is 312 Å². The Morgan fingerprint density at radius 1 is 0.321 bits per heavy atom. The average molecular weight is 693 g/mol. The molecule has 53 heavy (non-hydrogen) atoms. The Balaban J connectivity index is 1.16. The van der Waals surface area contributed by atoms with E-state index in [1.54, 1.807) is 0 Å². The van der Waals surface area contributed by atoms with Crippen molar-refractivity contribution in [1.82, 2.24) is 9.97 Å². The summed E-state index contributed by atoms with van der Waals surface area (Å²) >= 11 is 1.86. The smallest absolute Gasteiger partial charge is 0.160 e. The van der Waals surface area contributed by atoms with Crippen LogP contribution in [0.3, 0.4) is 0 Å². The molecule has 0 amide bonds. The molecule has 0 spiro atoms. The zero-order valence-electron chi connectivity index (χ0n) is 28.8. The number of hydrogen-bond donors (Lipinski definition) is 0. The van der Waals surface area contributed by atoms with Crippen LogP contribution in [0.4, 0.5) is 0 Å². The second kappa shape index (κ2) is 13.1. The topological polar surface area (TPSA) is 25.8 Å². The third kappa shape index (κ3) is 5.87. The standard InChI is InChI=1S/C50H32N2S/c1-3-13-36(14-4-1)46-32-47(52-50(51-46)37-15-5-2-6-16-37)42-30-40(35-24-22-34(23-25-35)39-27-26-33-12-7-8-17-38(33)28-39)29-41(31-42)43-19-11-20-45-44-18-9-10-21-48(44)53-49(43)45/h1-32H. The zero-order valence-corrected chi connectivity index (χ0v) is 29.6. The highest BCUT2D eigenvalue weighted by Crippen LogP contribution is 2.42. The molecular formula is C50H32N2S. The van der Waals surface area contributed by atoms with Gasteiger partial charge in [-0.05, 0) is 80.6 Å². The van der Waals surface area contributed by atoms with Crippen LogP contribution < -0.4 is 0 Å². The van der Waals surface area contributed by atoms with Gasteiger partial charge >= 0.3 is 0 Å². The van der Waals surface area contributed by atoms with Crippen molar-refractivity contribution in [2.45, 2.75) is 0 Å². The van der Waals surface area contributed by atoms with Crippen molar-refractivity contribution in [3.8, 4) is 67.3 Å². The second-order valence-electron chi connectivity index (χ2n) is 13.4.